The van der Waals surface area contributed by atoms with Crippen molar-refractivity contribution in [1.82, 2.24) is 9.55 Å². The van der Waals surface area contributed by atoms with Crippen molar-refractivity contribution in [3.8, 4) is 5.75 Å². The van der Waals surface area contributed by atoms with Gasteiger partial charge in [-0.1, -0.05) is 22.9 Å². The Morgan fingerprint density at radius 2 is 2.12 bits per heavy atom. The van der Waals surface area contributed by atoms with Gasteiger partial charge in [0.15, 0.2) is 0 Å². The number of aliphatic hydroxyl groups is 1. The summed E-state index contributed by atoms with van der Waals surface area (Å²) in [7, 11) is 0. The van der Waals surface area contributed by atoms with Gasteiger partial charge in [-0.15, -0.1) is 11.3 Å². The zero-order valence-electron chi connectivity index (χ0n) is 13.1. The molecule has 0 saturated heterocycles. The fourth-order valence-electron chi connectivity index (χ4n) is 2.32. The third-order valence-electron chi connectivity index (χ3n) is 3.58. The first-order chi connectivity index (χ1) is 11.6. The van der Waals surface area contributed by atoms with Crippen LogP contribution in [0.25, 0.3) is 10.2 Å². The van der Waals surface area contributed by atoms with Crippen LogP contribution in [0.5, 0.6) is 5.75 Å². The van der Waals surface area contributed by atoms with Crippen molar-refractivity contribution in [2.24, 2.45) is 0 Å². The Morgan fingerprint density at radius 1 is 1.38 bits per heavy atom. The first-order valence-electron chi connectivity index (χ1n) is 7.61. The summed E-state index contributed by atoms with van der Waals surface area (Å²) >= 11 is 4.89. The third-order valence-corrected chi connectivity index (χ3v) is 5.30. The molecule has 0 aliphatic heterocycles. The Balaban J connectivity index is 1.68. The normalized spacial score (nSPS) is 12.5. The van der Waals surface area contributed by atoms with Crippen molar-refractivity contribution in [2.75, 3.05) is 6.61 Å². The molecule has 0 amide bonds. The number of halogens is 1. The number of aryl methyl sites for hydroxylation is 1. The molecule has 24 heavy (non-hydrogen) atoms. The second-order valence-corrected chi connectivity index (χ2v) is 7.44. The monoisotopic (exact) mass is 408 g/mol. The number of hydrogen-bond acceptors (Lipinski definition) is 5. The summed E-state index contributed by atoms with van der Waals surface area (Å²) in [6.45, 7) is 2.30. The second-order valence-electron chi connectivity index (χ2n) is 5.41. The van der Waals surface area contributed by atoms with E-state index >= 15 is 0 Å². The van der Waals surface area contributed by atoms with Crippen LogP contribution in [0.4, 0.5) is 0 Å². The predicted octanol–water partition coefficient (Wildman–Crippen LogP) is 3.22. The van der Waals surface area contributed by atoms with E-state index in [1.807, 2.05) is 37.3 Å². The first kappa shape index (κ1) is 17.1. The Morgan fingerprint density at radius 3 is 2.83 bits per heavy atom. The van der Waals surface area contributed by atoms with Crippen LogP contribution in [-0.2, 0) is 13.0 Å². The highest BCUT2D eigenvalue weighted by atomic mass is 79.9. The van der Waals surface area contributed by atoms with Gasteiger partial charge in [0.1, 0.15) is 23.3 Å². The summed E-state index contributed by atoms with van der Waals surface area (Å²) in [5, 5.41) is 10.8. The number of thiophene rings is 1. The van der Waals surface area contributed by atoms with Gasteiger partial charge in [0.05, 0.1) is 18.3 Å². The summed E-state index contributed by atoms with van der Waals surface area (Å²) in [5.74, 6) is 0.670. The number of fused-ring (bicyclic) bond motifs is 1. The molecule has 0 aliphatic rings. The number of aliphatic hydroxyl groups excluding tert-OH is 1. The van der Waals surface area contributed by atoms with E-state index in [4.69, 9.17) is 4.74 Å². The maximum absolute atomic E-state index is 12.5. The van der Waals surface area contributed by atoms with Crippen LogP contribution in [0.1, 0.15) is 11.8 Å². The van der Waals surface area contributed by atoms with E-state index in [9.17, 15) is 9.90 Å². The molecule has 1 N–H and O–H groups in total. The van der Waals surface area contributed by atoms with Gasteiger partial charge in [0.25, 0.3) is 5.56 Å². The number of ether oxygens (including phenoxy) is 1. The molecule has 3 rings (SSSR count). The highest BCUT2D eigenvalue weighted by Gasteiger charge is 2.12. The average molecular weight is 409 g/mol. The van der Waals surface area contributed by atoms with Crippen LogP contribution in [0.2, 0.25) is 0 Å². The Kier molecular flexibility index (Phi) is 5.33. The molecule has 0 fully saturated rings. The Hall–Kier alpha value is -1.70. The maximum atomic E-state index is 12.5. The van der Waals surface area contributed by atoms with Crippen molar-refractivity contribution < 1.29 is 9.84 Å². The molecule has 2 aromatic heterocycles. The fraction of sp³-hybridized carbons (Fsp3) is 0.294. The number of nitrogens with zero attached hydrogens (tertiary/aromatic N) is 2. The molecule has 7 heteroatoms. The van der Waals surface area contributed by atoms with E-state index in [2.05, 4.69) is 20.9 Å². The molecule has 126 valence electrons. The van der Waals surface area contributed by atoms with Gasteiger partial charge in [-0.3, -0.25) is 9.36 Å². The molecule has 0 saturated carbocycles. The van der Waals surface area contributed by atoms with Crippen molar-refractivity contribution >= 4 is 37.5 Å². The molecule has 2 heterocycles. The highest BCUT2D eigenvalue weighted by Crippen LogP contribution is 2.21. The van der Waals surface area contributed by atoms with E-state index in [0.29, 0.717) is 11.1 Å². The molecule has 0 bridgehead atoms. The summed E-state index contributed by atoms with van der Waals surface area (Å²) in [5.41, 5.74) is -0.126. The van der Waals surface area contributed by atoms with Crippen molar-refractivity contribution in [1.29, 1.82) is 0 Å². The van der Waals surface area contributed by atoms with E-state index < -0.39 is 6.10 Å². The highest BCUT2D eigenvalue weighted by molar-refractivity contribution is 9.10. The lowest BCUT2D eigenvalue weighted by atomic mass is 10.3. The number of benzene rings is 1. The van der Waals surface area contributed by atoms with Crippen LogP contribution >= 0.6 is 27.3 Å². The quantitative estimate of drug-likeness (QED) is 0.679. The standard InChI is InChI=1S/C17H17BrN2O3S/c1-2-14-7-15-16(24-14)19-10-20(17(15)22)8-12(21)9-23-13-5-3-11(18)4-6-13/h3-7,10,12,21H,2,8-9H2,1H3. The van der Waals surface area contributed by atoms with Crippen LogP contribution in [0.15, 0.2) is 45.9 Å². The minimum Gasteiger partial charge on any atom is -0.491 e. The topological polar surface area (TPSA) is 64.4 Å². The molecular weight excluding hydrogens is 392 g/mol. The number of rotatable bonds is 6. The third kappa shape index (κ3) is 3.85. The van der Waals surface area contributed by atoms with Gasteiger partial charge in [-0.25, -0.2) is 4.98 Å². The van der Waals surface area contributed by atoms with Gasteiger partial charge in [0, 0.05) is 9.35 Å². The van der Waals surface area contributed by atoms with E-state index in [0.717, 1.165) is 20.6 Å². The molecular formula is C17H17BrN2O3S. The van der Waals surface area contributed by atoms with Crippen molar-refractivity contribution in [3.05, 3.63) is 56.4 Å². The maximum Gasteiger partial charge on any atom is 0.262 e. The van der Waals surface area contributed by atoms with Gasteiger partial charge in [0.2, 0.25) is 0 Å². The Bertz CT molecular complexity index is 889. The van der Waals surface area contributed by atoms with Crippen LogP contribution in [0, 0.1) is 0 Å². The largest absolute Gasteiger partial charge is 0.491 e. The summed E-state index contributed by atoms with van der Waals surface area (Å²) in [6, 6.07) is 9.25. The lowest BCUT2D eigenvalue weighted by Crippen LogP contribution is -2.30. The van der Waals surface area contributed by atoms with Gasteiger partial charge in [-0.2, -0.15) is 0 Å². The first-order valence-corrected chi connectivity index (χ1v) is 9.22. The second kappa shape index (κ2) is 7.46. The summed E-state index contributed by atoms with van der Waals surface area (Å²) < 4.78 is 7.94. The smallest absolute Gasteiger partial charge is 0.262 e. The SMILES string of the molecule is CCc1cc2c(=O)n(CC(O)COc3ccc(Br)cc3)cnc2s1. The fourth-order valence-corrected chi connectivity index (χ4v) is 3.51. The Labute approximate surface area is 151 Å². The van der Waals surface area contributed by atoms with Crippen LogP contribution in [-0.4, -0.2) is 27.4 Å². The average Bonchev–Trinajstić information content (AvgIpc) is 3.01. The van der Waals surface area contributed by atoms with Crippen LogP contribution < -0.4 is 10.3 Å². The molecule has 1 unspecified atom stereocenters. The molecule has 1 aromatic carbocycles. The summed E-state index contributed by atoms with van der Waals surface area (Å²) in [6.07, 6.45) is 1.57. The molecule has 0 radical (unpaired) electrons. The summed E-state index contributed by atoms with van der Waals surface area (Å²) in [4.78, 5) is 18.7. The van der Waals surface area contributed by atoms with E-state index in [-0.39, 0.29) is 18.7 Å². The molecule has 0 aliphatic carbocycles. The number of hydrogen-bond donors (Lipinski definition) is 1. The van der Waals surface area contributed by atoms with Crippen molar-refractivity contribution in [2.45, 2.75) is 26.0 Å². The van der Waals surface area contributed by atoms with E-state index in [1.165, 1.54) is 22.2 Å². The molecule has 1 atom stereocenters. The molecule has 0 spiro atoms. The van der Waals surface area contributed by atoms with Gasteiger partial charge < -0.3 is 9.84 Å². The van der Waals surface area contributed by atoms with Gasteiger partial charge >= 0.3 is 0 Å². The molecule has 5 nitrogen and oxygen atoms in total. The van der Waals surface area contributed by atoms with Crippen LogP contribution in [0.3, 0.4) is 0 Å². The molecule has 3 aromatic rings. The zero-order valence-corrected chi connectivity index (χ0v) is 15.5. The van der Waals surface area contributed by atoms with Crippen molar-refractivity contribution in [3.63, 3.8) is 0 Å². The lowest BCUT2D eigenvalue weighted by Gasteiger charge is -2.13. The minimum atomic E-state index is -0.796. The predicted molar refractivity (Wildman–Crippen MR) is 98.9 cm³/mol. The lowest BCUT2D eigenvalue weighted by molar-refractivity contribution is 0.0915. The van der Waals surface area contributed by atoms with Gasteiger partial charge in [-0.05, 0) is 36.8 Å². The number of aromatic nitrogens is 2. The zero-order chi connectivity index (χ0) is 17.1. The van der Waals surface area contributed by atoms with E-state index in [1.54, 1.807) is 0 Å². The minimum absolute atomic E-state index is 0.107.